The quantitative estimate of drug-likeness (QED) is 0.493. The van der Waals surface area contributed by atoms with Crippen LogP contribution in [-0.4, -0.2) is 24.7 Å². The molecule has 0 spiro atoms. The van der Waals surface area contributed by atoms with Crippen molar-refractivity contribution < 1.29 is 9.59 Å². The molecule has 0 aliphatic carbocycles. The van der Waals surface area contributed by atoms with Crippen molar-refractivity contribution in [2.75, 3.05) is 13.1 Å². The number of Topliss-reactive ketones (excluding diaryl/α,β-unsaturated/α-hetero) is 2. The lowest BCUT2D eigenvalue weighted by molar-refractivity contribution is -0.134. The zero-order chi connectivity index (χ0) is 8.57. The summed E-state index contributed by atoms with van der Waals surface area (Å²) in [6.07, 6.45) is 0. The van der Waals surface area contributed by atoms with Gasteiger partial charge in [-0.15, -0.1) is 0 Å². The van der Waals surface area contributed by atoms with Gasteiger partial charge in [0.1, 0.15) is 0 Å². The molecule has 0 atom stereocenters. The van der Waals surface area contributed by atoms with Crippen LogP contribution in [0.5, 0.6) is 0 Å². The van der Waals surface area contributed by atoms with Crippen molar-refractivity contribution in [1.29, 1.82) is 0 Å². The van der Waals surface area contributed by atoms with Gasteiger partial charge in [-0.05, 0) is 0 Å². The summed E-state index contributed by atoms with van der Waals surface area (Å²) in [5.41, 5.74) is 9.81. The van der Waals surface area contributed by atoms with Gasteiger partial charge in [0.25, 0.3) is 0 Å². The normalized spacial score (nSPS) is 7.60. The van der Waals surface area contributed by atoms with E-state index in [-0.39, 0.29) is 11.6 Å². The average Bonchev–Trinajstić information content (AvgIpc) is 1.89. The van der Waals surface area contributed by atoms with Gasteiger partial charge in [-0.2, -0.15) is 0 Å². The van der Waals surface area contributed by atoms with E-state index in [4.69, 9.17) is 11.5 Å². The molecule has 60 valence electrons. The highest BCUT2D eigenvalue weighted by atomic mass is 16.2. The first-order valence-corrected chi connectivity index (χ1v) is 2.97. The Kier molecular flexibility index (Phi) is 9.90. The topological polar surface area (TPSA) is 86.2 Å². The molecule has 4 N–H and O–H groups in total. The monoisotopic (exact) mass is 146 g/mol. The second-order valence-electron chi connectivity index (χ2n) is 1.69. The fraction of sp³-hybridized carbons (Fsp3) is 0.667. The van der Waals surface area contributed by atoms with Gasteiger partial charge in [-0.25, -0.2) is 0 Å². The largest absolute Gasteiger partial charge is 0.329 e. The molecule has 10 heavy (non-hydrogen) atoms. The molecule has 0 aliphatic rings. The van der Waals surface area contributed by atoms with Crippen LogP contribution in [-0.2, 0) is 9.59 Å². The highest BCUT2D eigenvalue weighted by molar-refractivity contribution is 6.35. The van der Waals surface area contributed by atoms with Gasteiger partial charge in [0, 0.05) is 26.9 Å². The van der Waals surface area contributed by atoms with Crippen molar-refractivity contribution in [3.63, 3.8) is 0 Å². The smallest absolute Gasteiger partial charge is 0.195 e. The molecule has 0 aromatic carbocycles. The summed E-state index contributed by atoms with van der Waals surface area (Å²) in [4.78, 5) is 19.6. The molecule has 0 saturated heterocycles. The molecule has 0 aromatic rings. The standard InChI is InChI=1S/C4H6O2.C2H8N2/c1-3(5)4(2)6;3-1-2-4/h1-2H3;1-4H2. The summed E-state index contributed by atoms with van der Waals surface area (Å²) in [5.74, 6) is -0.759. The first kappa shape index (κ1) is 12.0. The minimum atomic E-state index is -0.380. The van der Waals surface area contributed by atoms with E-state index < -0.39 is 0 Å². The third kappa shape index (κ3) is 15.7. The van der Waals surface area contributed by atoms with E-state index in [9.17, 15) is 9.59 Å². The zero-order valence-electron chi connectivity index (χ0n) is 6.39. The summed E-state index contributed by atoms with van der Waals surface area (Å²) in [6, 6.07) is 0. The summed E-state index contributed by atoms with van der Waals surface area (Å²) >= 11 is 0. The second kappa shape index (κ2) is 8.26. The fourth-order valence-corrected chi connectivity index (χ4v) is 0. The molecule has 4 heteroatoms. The Morgan fingerprint density at radius 2 is 1.20 bits per heavy atom. The van der Waals surface area contributed by atoms with E-state index in [1.807, 2.05) is 0 Å². The molecule has 0 unspecified atom stereocenters. The van der Waals surface area contributed by atoms with Gasteiger partial charge in [0.15, 0.2) is 11.6 Å². The Balaban J connectivity index is 0. The molecule has 0 amide bonds. The number of ketones is 2. The Hall–Kier alpha value is -0.740. The van der Waals surface area contributed by atoms with E-state index in [0.29, 0.717) is 13.1 Å². The molecule has 0 aliphatic heterocycles. The van der Waals surface area contributed by atoms with Crippen molar-refractivity contribution >= 4 is 11.6 Å². The van der Waals surface area contributed by atoms with Crippen LogP contribution in [0, 0.1) is 0 Å². The van der Waals surface area contributed by atoms with Gasteiger partial charge in [0.05, 0.1) is 0 Å². The minimum absolute atomic E-state index is 0.380. The molecule has 0 heterocycles. The summed E-state index contributed by atoms with van der Waals surface area (Å²) in [5, 5.41) is 0. The van der Waals surface area contributed by atoms with Crippen LogP contribution in [0.15, 0.2) is 0 Å². The van der Waals surface area contributed by atoms with E-state index in [1.54, 1.807) is 0 Å². The van der Waals surface area contributed by atoms with Crippen LogP contribution in [0.3, 0.4) is 0 Å². The van der Waals surface area contributed by atoms with Crippen molar-refractivity contribution in [1.82, 2.24) is 0 Å². The Labute approximate surface area is 60.6 Å². The lowest BCUT2D eigenvalue weighted by Crippen LogP contribution is -2.11. The van der Waals surface area contributed by atoms with Gasteiger partial charge in [-0.1, -0.05) is 0 Å². The number of carbonyl (C=O) groups is 2. The summed E-state index contributed by atoms with van der Waals surface area (Å²) < 4.78 is 0. The van der Waals surface area contributed by atoms with Crippen LogP contribution < -0.4 is 11.5 Å². The van der Waals surface area contributed by atoms with Crippen LogP contribution in [0.4, 0.5) is 0 Å². The van der Waals surface area contributed by atoms with E-state index in [2.05, 4.69) is 0 Å². The molecule has 0 fully saturated rings. The molecule has 4 nitrogen and oxygen atoms in total. The maximum Gasteiger partial charge on any atom is 0.195 e. The Morgan fingerprint density at radius 3 is 1.20 bits per heavy atom. The SMILES string of the molecule is CC(=O)C(C)=O.NCCN. The highest BCUT2D eigenvalue weighted by Crippen LogP contribution is 1.66. The van der Waals surface area contributed by atoms with Gasteiger partial charge in [-0.3, -0.25) is 9.59 Å². The van der Waals surface area contributed by atoms with Crippen LogP contribution in [0.2, 0.25) is 0 Å². The van der Waals surface area contributed by atoms with E-state index >= 15 is 0 Å². The van der Waals surface area contributed by atoms with Crippen molar-refractivity contribution in [3.8, 4) is 0 Å². The predicted molar refractivity (Wildman–Crippen MR) is 39.5 cm³/mol. The van der Waals surface area contributed by atoms with Crippen molar-refractivity contribution in [3.05, 3.63) is 0 Å². The van der Waals surface area contributed by atoms with Crippen molar-refractivity contribution in [2.24, 2.45) is 11.5 Å². The molecule has 0 bridgehead atoms. The lowest BCUT2D eigenvalue weighted by Gasteiger charge is -1.73. The van der Waals surface area contributed by atoms with E-state index in [0.717, 1.165) is 0 Å². The molecule has 0 rings (SSSR count). The predicted octanol–water partition coefficient (Wildman–Crippen LogP) is -0.932. The van der Waals surface area contributed by atoms with E-state index in [1.165, 1.54) is 13.8 Å². The van der Waals surface area contributed by atoms with Crippen LogP contribution >= 0.6 is 0 Å². The minimum Gasteiger partial charge on any atom is -0.329 e. The fourth-order valence-electron chi connectivity index (χ4n) is 0. The molecular formula is C6H14N2O2. The highest BCUT2D eigenvalue weighted by Gasteiger charge is 1.94. The number of carbonyl (C=O) groups excluding carboxylic acids is 2. The second-order valence-corrected chi connectivity index (χ2v) is 1.69. The average molecular weight is 146 g/mol. The lowest BCUT2D eigenvalue weighted by atomic mass is 10.3. The van der Waals surface area contributed by atoms with Gasteiger partial charge in [0.2, 0.25) is 0 Å². The Morgan fingerprint density at radius 1 is 1.00 bits per heavy atom. The number of rotatable bonds is 2. The van der Waals surface area contributed by atoms with Gasteiger partial charge < -0.3 is 11.5 Å². The molecular weight excluding hydrogens is 132 g/mol. The Bertz CT molecular complexity index is 98.3. The summed E-state index contributed by atoms with van der Waals surface area (Å²) in [6.45, 7) is 3.70. The third-order valence-electron chi connectivity index (χ3n) is 0.662. The first-order valence-electron chi connectivity index (χ1n) is 2.97. The maximum absolute atomic E-state index is 9.79. The van der Waals surface area contributed by atoms with Crippen LogP contribution in [0.1, 0.15) is 13.8 Å². The number of nitrogens with two attached hydrogens (primary N) is 2. The molecule has 0 aromatic heterocycles. The number of hydrogen-bond donors (Lipinski definition) is 2. The summed E-state index contributed by atoms with van der Waals surface area (Å²) in [7, 11) is 0. The van der Waals surface area contributed by atoms with Gasteiger partial charge >= 0.3 is 0 Å². The molecule has 0 saturated carbocycles. The third-order valence-corrected chi connectivity index (χ3v) is 0.662. The molecule has 0 radical (unpaired) electrons. The maximum atomic E-state index is 9.79. The van der Waals surface area contributed by atoms with Crippen LogP contribution in [0.25, 0.3) is 0 Å². The number of hydrogen-bond acceptors (Lipinski definition) is 4. The van der Waals surface area contributed by atoms with Crippen molar-refractivity contribution in [2.45, 2.75) is 13.8 Å². The first-order chi connectivity index (χ1) is 4.56. The zero-order valence-corrected chi connectivity index (χ0v) is 6.39.